The second-order valence-corrected chi connectivity index (χ2v) is 10.0. The zero-order chi connectivity index (χ0) is 25.9. The summed E-state index contributed by atoms with van der Waals surface area (Å²) in [5, 5.41) is 12.9. The summed E-state index contributed by atoms with van der Waals surface area (Å²) in [5.74, 6) is -0.0814. The van der Waals surface area contributed by atoms with Crippen LogP contribution in [0.5, 0.6) is 0 Å². The van der Waals surface area contributed by atoms with Gasteiger partial charge in [-0.25, -0.2) is 0 Å². The standard InChI is InChI=1S/C28H26Cl2N4O3/c29-23-7-5-21(25(30)17-23)6-10-28(35)32-15-13-31(14-16-32)24-8-9-26(34(36)37)27(18-24)33-12-11-20-3-1-2-4-22(20)19-33/h1-10,17-18H,11-16,19H2/b10-6+. The van der Waals surface area contributed by atoms with Gasteiger partial charge in [-0.05, 0) is 53.5 Å². The van der Waals surface area contributed by atoms with Crippen molar-refractivity contribution in [3.05, 3.63) is 104 Å². The number of carbonyl (C=O) groups is 1. The van der Waals surface area contributed by atoms with Crippen molar-refractivity contribution in [3.8, 4) is 0 Å². The summed E-state index contributed by atoms with van der Waals surface area (Å²) in [5.41, 5.74) is 4.91. The Hall–Kier alpha value is -3.55. The largest absolute Gasteiger partial charge is 0.368 e. The van der Waals surface area contributed by atoms with Crippen LogP contribution in [-0.4, -0.2) is 48.5 Å². The molecular weight excluding hydrogens is 511 g/mol. The zero-order valence-corrected chi connectivity index (χ0v) is 21.7. The number of amides is 1. The van der Waals surface area contributed by atoms with Crippen molar-refractivity contribution in [2.45, 2.75) is 13.0 Å². The number of nitro benzene ring substituents is 1. The molecule has 2 aliphatic heterocycles. The maximum atomic E-state index is 12.7. The molecule has 0 radical (unpaired) electrons. The molecular formula is C28H26Cl2N4O3. The number of nitro groups is 1. The first kappa shape index (κ1) is 25.1. The third-order valence-electron chi connectivity index (χ3n) is 6.95. The van der Waals surface area contributed by atoms with Crippen LogP contribution in [0.15, 0.2) is 66.7 Å². The highest BCUT2D eigenvalue weighted by Gasteiger charge is 2.26. The number of benzene rings is 3. The quantitative estimate of drug-likeness (QED) is 0.233. The first-order chi connectivity index (χ1) is 17.9. The second-order valence-electron chi connectivity index (χ2n) is 9.18. The molecule has 7 nitrogen and oxygen atoms in total. The number of fused-ring (bicyclic) bond motifs is 1. The molecule has 1 fully saturated rings. The molecule has 2 aliphatic rings. The zero-order valence-electron chi connectivity index (χ0n) is 20.1. The Bertz CT molecular complexity index is 1370. The van der Waals surface area contributed by atoms with Gasteiger partial charge in [0, 0.05) is 67.1 Å². The highest BCUT2D eigenvalue weighted by Crippen LogP contribution is 2.36. The maximum absolute atomic E-state index is 12.7. The Kier molecular flexibility index (Phi) is 7.35. The molecule has 3 aromatic rings. The minimum Gasteiger partial charge on any atom is -0.368 e. The predicted octanol–water partition coefficient (Wildman–Crippen LogP) is 5.83. The van der Waals surface area contributed by atoms with E-state index in [-0.39, 0.29) is 16.5 Å². The Balaban J connectivity index is 1.27. The fraction of sp³-hybridized carbons (Fsp3) is 0.250. The van der Waals surface area contributed by atoms with E-state index in [1.165, 1.54) is 17.2 Å². The van der Waals surface area contributed by atoms with Crippen LogP contribution >= 0.6 is 23.2 Å². The molecule has 0 aliphatic carbocycles. The minimum atomic E-state index is -0.310. The van der Waals surface area contributed by atoms with Crippen molar-refractivity contribution < 1.29 is 9.72 Å². The molecule has 0 aromatic heterocycles. The SMILES string of the molecule is O=C(/C=C/c1ccc(Cl)cc1Cl)N1CCN(c2ccc([N+](=O)[O-])c(N3CCc4ccccc4C3)c2)CC1. The van der Waals surface area contributed by atoms with E-state index in [2.05, 4.69) is 21.9 Å². The summed E-state index contributed by atoms with van der Waals surface area (Å²) >= 11 is 12.1. The first-order valence-electron chi connectivity index (χ1n) is 12.2. The summed E-state index contributed by atoms with van der Waals surface area (Å²) in [7, 11) is 0. The molecule has 5 rings (SSSR count). The Morgan fingerprint density at radius 2 is 1.65 bits per heavy atom. The van der Waals surface area contributed by atoms with E-state index in [0.29, 0.717) is 48.5 Å². The van der Waals surface area contributed by atoms with Crippen molar-refractivity contribution in [1.29, 1.82) is 0 Å². The van der Waals surface area contributed by atoms with E-state index < -0.39 is 0 Å². The third kappa shape index (κ3) is 5.58. The fourth-order valence-corrected chi connectivity index (χ4v) is 5.38. The van der Waals surface area contributed by atoms with Crippen molar-refractivity contribution in [1.82, 2.24) is 4.90 Å². The Labute approximate surface area is 225 Å². The van der Waals surface area contributed by atoms with E-state index in [9.17, 15) is 14.9 Å². The average Bonchev–Trinajstić information content (AvgIpc) is 2.92. The highest BCUT2D eigenvalue weighted by atomic mass is 35.5. The lowest BCUT2D eigenvalue weighted by Gasteiger charge is -2.36. The molecule has 0 spiro atoms. The van der Waals surface area contributed by atoms with Crippen LogP contribution in [0.4, 0.5) is 17.1 Å². The van der Waals surface area contributed by atoms with Crippen molar-refractivity contribution in [2.24, 2.45) is 0 Å². The van der Waals surface area contributed by atoms with Gasteiger partial charge < -0.3 is 14.7 Å². The van der Waals surface area contributed by atoms with E-state index in [4.69, 9.17) is 23.2 Å². The van der Waals surface area contributed by atoms with Gasteiger partial charge in [0.2, 0.25) is 5.91 Å². The van der Waals surface area contributed by atoms with Gasteiger partial charge in [0.15, 0.2) is 0 Å². The average molecular weight is 537 g/mol. The number of rotatable bonds is 5. The van der Waals surface area contributed by atoms with Crippen LogP contribution in [0.2, 0.25) is 10.0 Å². The van der Waals surface area contributed by atoms with Crippen LogP contribution in [-0.2, 0) is 17.8 Å². The van der Waals surface area contributed by atoms with E-state index in [0.717, 1.165) is 24.2 Å². The van der Waals surface area contributed by atoms with Crippen LogP contribution in [0.3, 0.4) is 0 Å². The topological polar surface area (TPSA) is 69.9 Å². The lowest BCUT2D eigenvalue weighted by molar-refractivity contribution is -0.384. The molecule has 9 heteroatoms. The summed E-state index contributed by atoms with van der Waals surface area (Å²) < 4.78 is 0. The summed E-state index contributed by atoms with van der Waals surface area (Å²) in [6, 6.07) is 18.7. The molecule has 0 N–H and O–H groups in total. The molecule has 0 atom stereocenters. The van der Waals surface area contributed by atoms with Gasteiger partial charge in [0.1, 0.15) is 5.69 Å². The van der Waals surface area contributed by atoms with Gasteiger partial charge in [0.05, 0.1) is 4.92 Å². The number of carbonyl (C=O) groups excluding carboxylic acids is 1. The first-order valence-corrected chi connectivity index (χ1v) is 12.9. The normalized spacial score (nSPS) is 15.7. The lowest BCUT2D eigenvalue weighted by atomic mass is 9.99. The maximum Gasteiger partial charge on any atom is 0.292 e. The van der Waals surface area contributed by atoms with Crippen LogP contribution in [0.25, 0.3) is 6.08 Å². The summed E-state index contributed by atoms with van der Waals surface area (Å²) in [4.78, 5) is 30.3. The molecule has 190 valence electrons. The number of hydrogen-bond acceptors (Lipinski definition) is 5. The minimum absolute atomic E-state index is 0.0814. The van der Waals surface area contributed by atoms with Gasteiger partial charge >= 0.3 is 0 Å². The number of hydrogen-bond donors (Lipinski definition) is 0. The van der Waals surface area contributed by atoms with E-state index >= 15 is 0 Å². The Morgan fingerprint density at radius 1 is 0.892 bits per heavy atom. The molecule has 1 saturated heterocycles. The molecule has 3 aromatic carbocycles. The molecule has 1 amide bonds. The van der Waals surface area contributed by atoms with Gasteiger partial charge in [-0.1, -0.05) is 53.5 Å². The smallest absolute Gasteiger partial charge is 0.292 e. The highest BCUT2D eigenvalue weighted by molar-refractivity contribution is 6.35. The van der Waals surface area contributed by atoms with Crippen LogP contribution < -0.4 is 9.80 Å². The van der Waals surface area contributed by atoms with Crippen LogP contribution in [0, 0.1) is 10.1 Å². The van der Waals surface area contributed by atoms with Gasteiger partial charge in [0.25, 0.3) is 5.69 Å². The molecule has 0 bridgehead atoms. The molecule has 2 heterocycles. The van der Waals surface area contributed by atoms with Crippen molar-refractivity contribution in [3.63, 3.8) is 0 Å². The van der Waals surface area contributed by atoms with Gasteiger partial charge in [-0.3, -0.25) is 14.9 Å². The molecule has 0 saturated carbocycles. The van der Waals surface area contributed by atoms with Crippen LogP contribution in [0.1, 0.15) is 16.7 Å². The second kappa shape index (κ2) is 10.8. The fourth-order valence-electron chi connectivity index (χ4n) is 4.91. The molecule has 37 heavy (non-hydrogen) atoms. The number of halogens is 2. The van der Waals surface area contributed by atoms with Crippen molar-refractivity contribution in [2.75, 3.05) is 42.5 Å². The van der Waals surface area contributed by atoms with E-state index in [1.54, 1.807) is 41.3 Å². The number of anilines is 2. The van der Waals surface area contributed by atoms with Gasteiger partial charge in [-0.15, -0.1) is 0 Å². The summed E-state index contributed by atoms with van der Waals surface area (Å²) in [6.07, 6.45) is 4.09. The third-order valence-corrected chi connectivity index (χ3v) is 7.51. The monoisotopic (exact) mass is 536 g/mol. The Morgan fingerprint density at radius 3 is 2.38 bits per heavy atom. The number of piperazine rings is 1. The van der Waals surface area contributed by atoms with Gasteiger partial charge in [-0.2, -0.15) is 0 Å². The number of nitrogens with zero attached hydrogens (tertiary/aromatic N) is 4. The van der Waals surface area contributed by atoms with E-state index in [1.807, 2.05) is 18.2 Å². The predicted molar refractivity (Wildman–Crippen MR) is 149 cm³/mol. The lowest BCUT2D eigenvalue weighted by Crippen LogP contribution is -2.48. The molecule has 0 unspecified atom stereocenters. The summed E-state index contributed by atoms with van der Waals surface area (Å²) in [6.45, 7) is 3.77. The van der Waals surface area contributed by atoms with Crippen molar-refractivity contribution >= 4 is 52.2 Å².